The average Bonchev–Trinajstić information content (AvgIpc) is 2.68. The summed E-state index contributed by atoms with van der Waals surface area (Å²) in [5, 5.41) is 0.649. The van der Waals surface area contributed by atoms with E-state index in [1.807, 2.05) is 53.1 Å². The Morgan fingerprint density at radius 3 is 2.53 bits per heavy atom. The van der Waals surface area contributed by atoms with E-state index in [-0.39, 0.29) is 0 Å². The van der Waals surface area contributed by atoms with Crippen LogP contribution in [-0.2, 0) is 0 Å². The van der Waals surface area contributed by atoms with Crippen LogP contribution in [-0.4, -0.2) is 9.55 Å². The number of nitrogens with zero attached hydrogens (tertiary/aromatic N) is 2. The number of hydrogen-bond acceptors (Lipinski definition) is 2. The second-order valence-electron chi connectivity index (χ2n) is 3.75. The number of para-hydroxylation sites is 2. The number of aromatic nitrogens is 2. The first kappa shape index (κ1) is 10.2. The second-order valence-corrected chi connectivity index (χ2v) is 4.16. The predicted octanol–water partition coefficient (Wildman–Crippen LogP) is 3.26. The molecule has 0 atom stereocenters. The zero-order valence-corrected chi connectivity index (χ0v) is 9.72. The third kappa shape index (κ3) is 1.56. The van der Waals surface area contributed by atoms with Crippen molar-refractivity contribution in [2.24, 2.45) is 0 Å². The van der Waals surface area contributed by atoms with E-state index in [2.05, 4.69) is 4.98 Å². The van der Waals surface area contributed by atoms with Gasteiger partial charge in [0, 0.05) is 5.69 Å². The van der Waals surface area contributed by atoms with E-state index in [1.54, 1.807) is 0 Å². The fourth-order valence-corrected chi connectivity index (χ4v) is 2.20. The number of fused-ring (bicyclic) bond motifs is 1. The van der Waals surface area contributed by atoms with Crippen LogP contribution in [0, 0.1) is 0 Å². The van der Waals surface area contributed by atoms with Crippen molar-refractivity contribution in [2.75, 3.05) is 5.73 Å². The van der Waals surface area contributed by atoms with Gasteiger partial charge in [0.15, 0.2) is 0 Å². The van der Waals surface area contributed by atoms with Crippen molar-refractivity contribution in [1.82, 2.24) is 9.55 Å². The Balaban J connectivity index is 2.40. The summed E-state index contributed by atoms with van der Waals surface area (Å²) in [6.45, 7) is 0. The Labute approximate surface area is 103 Å². The summed E-state index contributed by atoms with van der Waals surface area (Å²) in [5.41, 5.74) is 8.56. The smallest absolute Gasteiger partial charge is 0.205 e. The number of rotatable bonds is 1. The molecule has 0 aliphatic carbocycles. The second kappa shape index (κ2) is 3.79. The molecule has 0 radical (unpaired) electrons. The molecule has 3 aromatic rings. The van der Waals surface area contributed by atoms with E-state index < -0.39 is 0 Å². The van der Waals surface area contributed by atoms with Crippen LogP contribution in [0.4, 0.5) is 5.95 Å². The molecule has 1 heterocycles. The fourth-order valence-electron chi connectivity index (χ4n) is 1.94. The zero-order chi connectivity index (χ0) is 11.8. The highest BCUT2D eigenvalue weighted by Crippen LogP contribution is 2.28. The molecule has 0 aliphatic rings. The SMILES string of the molecule is Nc1nc2cccc(Cl)c2n1-c1ccccc1. The zero-order valence-electron chi connectivity index (χ0n) is 8.97. The maximum absolute atomic E-state index is 6.21. The Kier molecular flexibility index (Phi) is 2.27. The summed E-state index contributed by atoms with van der Waals surface area (Å²) in [7, 11) is 0. The first-order valence-electron chi connectivity index (χ1n) is 5.25. The van der Waals surface area contributed by atoms with Crippen LogP contribution >= 0.6 is 11.6 Å². The summed E-state index contributed by atoms with van der Waals surface area (Å²) in [4.78, 5) is 4.31. The predicted molar refractivity (Wildman–Crippen MR) is 70.5 cm³/mol. The average molecular weight is 244 g/mol. The lowest BCUT2D eigenvalue weighted by atomic mass is 10.3. The summed E-state index contributed by atoms with van der Waals surface area (Å²) in [6.07, 6.45) is 0. The van der Waals surface area contributed by atoms with Crippen LogP contribution in [0.3, 0.4) is 0 Å². The molecule has 0 amide bonds. The Morgan fingerprint density at radius 2 is 1.76 bits per heavy atom. The van der Waals surface area contributed by atoms with Crippen LogP contribution in [0.2, 0.25) is 5.02 Å². The van der Waals surface area contributed by atoms with Crippen molar-refractivity contribution < 1.29 is 0 Å². The number of nitrogens with two attached hydrogens (primary N) is 1. The monoisotopic (exact) mass is 243 g/mol. The van der Waals surface area contributed by atoms with E-state index in [4.69, 9.17) is 17.3 Å². The molecule has 0 aliphatic heterocycles. The number of nitrogen functional groups attached to an aromatic ring is 1. The number of halogens is 1. The van der Waals surface area contributed by atoms with Gasteiger partial charge in [-0.15, -0.1) is 0 Å². The first-order valence-corrected chi connectivity index (χ1v) is 5.63. The number of hydrogen-bond donors (Lipinski definition) is 1. The summed E-state index contributed by atoms with van der Waals surface area (Å²) in [5.74, 6) is 0.444. The summed E-state index contributed by atoms with van der Waals surface area (Å²) in [6, 6.07) is 15.4. The molecular formula is C13H10ClN3. The third-order valence-corrected chi connectivity index (χ3v) is 2.97. The maximum Gasteiger partial charge on any atom is 0.205 e. The number of benzene rings is 2. The Morgan fingerprint density at radius 1 is 1.00 bits per heavy atom. The van der Waals surface area contributed by atoms with Gasteiger partial charge in [-0.3, -0.25) is 4.57 Å². The van der Waals surface area contributed by atoms with Crippen LogP contribution in [0.25, 0.3) is 16.7 Å². The van der Waals surface area contributed by atoms with Gasteiger partial charge in [0.25, 0.3) is 0 Å². The molecular weight excluding hydrogens is 234 g/mol. The minimum Gasteiger partial charge on any atom is -0.369 e. The molecule has 3 rings (SSSR count). The molecule has 1 aromatic heterocycles. The van der Waals surface area contributed by atoms with Gasteiger partial charge in [0.1, 0.15) is 0 Å². The first-order chi connectivity index (χ1) is 8.27. The van der Waals surface area contributed by atoms with Gasteiger partial charge in [-0.25, -0.2) is 4.98 Å². The highest BCUT2D eigenvalue weighted by Gasteiger charge is 2.11. The van der Waals surface area contributed by atoms with E-state index in [9.17, 15) is 0 Å². The molecule has 0 bridgehead atoms. The van der Waals surface area contributed by atoms with E-state index in [0.29, 0.717) is 11.0 Å². The van der Waals surface area contributed by atoms with Gasteiger partial charge in [-0.1, -0.05) is 35.9 Å². The molecule has 0 spiro atoms. The lowest BCUT2D eigenvalue weighted by Crippen LogP contribution is -2.00. The van der Waals surface area contributed by atoms with Crippen molar-refractivity contribution in [3.8, 4) is 5.69 Å². The Hall–Kier alpha value is -2.00. The lowest BCUT2D eigenvalue weighted by Gasteiger charge is -2.06. The van der Waals surface area contributed by atoms with Gasteiger partial charge < -0.3 is 5.73 Å². The summed E-state index contributed by atoms with van der Waals surface area (Å²) >= 11 is 6.21. The molecule has 3 nitrogen and oxygen atoms in total. The van der Waals surface area contributed by atoms with Crippen molar-refractivity contribution in [3.05, 3.63) is 53.6 Å². The topological polar surface area (TPSA) is 43.8 Å². The highest BCUT2D eigenvalue weighted by atomic mass is 35.5. The molecule has 0 saturated carbocycles. The molecule has 0 unspecified atom stereocenters. The van der Waals surface area contributed by atoms with E-state index >= 15 is 0 Å². The normalized spacial score (nSPS) is 10.9. The van der Waals surface area contributed by atoms with Gasteiger partial charge in [0.2, 0.25) is 5.95 Å². The standard InChI is InChI=1S/C13H10ClN3/c14-10-7-4-8-11-12(10)17(13(15)16-11)9-5-2-1-3-6-9/h1-8H,(H2,15,16). The molecule has 2 aromatic carbocycles. The van der Waals surface area contributed by atoms with Crippen LogP contribution in [0.15, 0.2) is 48.5 Å². The van der Waals surface area contributed by atoms with Gasteiger partial charge in [-0.2, -0.15) is 0 Å². The number of anilines is 1. The Bertz CT molecular complexity index is 674. The quantitative estimate of drug-likeness (QED) is 0.713. The number of imidazole rings is 1. The van der Waals surface area contributed by atoms with Crippen molar-refractivity contribution in [2.45, 2.75) is 0 Å². The van der Waals surface area contributed by atoms with Crippen LogP contribution < -0.4 is 5.73 Å². The van der Waals surface area contributed by atoms with E-state index in [1.165, 1.54) is 0 Å². The molecule has 4 heteroatoms. The van der Waals surface area contributed by atoms with Crippen molar-refractivity contribution in [1.29, 1.82) is 0 Å². The van der Waals surface area contributed by atoms with Gasteiger partial charge in [0.05, 0.1) is 16.1 Å². The third-order valence-electron chi connectivity index (χ3n) is 2.67. The molecule has 2 N–H and O–H groups in total. The molecule has 17 heavy (non-hydrogen) atoms. The molecule has 0 fully saturated rings. The molecule has 84 valence electrons. The van der Waals surface area contributed by atoms with Gasteiger partial charge >= 0.3 is 0 Å². The van der Waals surface area contributed by atoms with E-state index in [0.717, 1.165) is 16.7 Å². The summed E-state index contributed by atoms with van der Waals surface area (Å²) < 4.78 is 1.86. The van der Waals surface area contributed by atoms with Crippen LogP contribution in [0.5, 0.6) is 0 Å². The minimum absolute atomic E-state index is 0.444. The largest absolute Gasteiger partial charge is 0.369 e. The molecule has 0 saturated heterocycles. The fraction of sp³-hybridized carbons (Fsp3) is 0. The van der Waals surface area contributed by atoms with Crippen molar-refractivity contribution >= 4 is 28.6 Å². The maximum atomic E-state index is 6.21. The lowest BCUT2D eigenvalue weighted by molar-refractivity contribution is 1.11. The minimum atomic E-state index is 0.444. The van der Waals surface area contributed by atoms with Crippen molar-refractivity contribution in [3.63, 3.8) is 0 Å². The van der Waals surface area contributed by atoms with Gasteiger partial charge in [-0.05, 0) is 24.3 Å². The highest BCUT2D eigenvalue weighted by molar-refractivity contribution is 6.35. The van der Waals surface area contributed by atoms with Crippen LogP contribution in [0.1, 0.15) is 0 Å².